The Morgan fingerprint density at radius 1 is 1.07 bits per heavy atom. The summed E-state index contributed by atoms with van der Waals surface area (Å²) in [5.41, 5.74) is 0.511. The third kappa shape index (κ3) is 3.43. The van der Waals surface area contributed by atoms with Crippen LogP contribution in [0.4, 0.5) is 5.69 Å². The SMILES string of the molecule is COc1ccccc1-n1c(Sc2ncccc2[N+](=O)[O-])nc2ccccc2c1=O. The van der Waals surface area contributed by atoms with Crippen LogP contribution in [0.15, 0.2) is 81.8 Å². The van der Waals surface area contributed by atoms with Gasteiger partial charge in [-0.15, -0.1) is 0 Å². The molecule has 0 aliphatic rings. The standard InChI is InChI=1S/C20H14N4O4S/c1-28-17-11-5-4-9-15(17)23-19(25)13-7-2-3-8-14(13)22-20(23)29-18-16(24(26)27)10-6-12-21-18/h2-12H,1H3. The molecule has 0 aliphatic carbocycles. The quantitative estimate of drug-likeness (QED) is 0.282. The molecule has 0 N–H and O–H groups in total. The van der Waals surface area contributed by atoms with Gasteiger partial charge >= 0.3 is 5.69 Å². The number of methoxy groups -OCH3 is 1. The fourth-order valence-corrected chi connectivity index (χ4v) is 3.84. The number of fused-ring (bicyclic) bond motifs is 1. The highest BCUT2D eigenvalue weighted by atomic mass is 32.2. The van der Waals surface area contributed by atoms with Crippen molar-refractivity contribution in [2.24, 2.45) is 0 Å². The van der Waals surface area contributed by atoms with Crippen LogP contribution in [0.1, 0.15) is 0 Å². The molecule has 144 valence electrons. The average molecular weight is 406 g/mol. The Hall–Kier alpha value is -3.72. The van der Waals surface area contributed by atoms with Gasteiger partial charge < -0.3 is 4.74 Å². The second-order valence-electron chi connectivity index (χ2n) is 5.91. The number of pyridine rings is 1. The summed E-state index contributed by atoms with van der Waals surface area (Å²) >= 11 is 0.956. The van der Waals surface area contributed by atoms with Crippen LogP contribution in [0, 0.1) is 10.1 Å². The predicted octanol–water partition coefficient (Wildman–Crippen LogP) is 3.85. The van der Waals surface area contributed by atoms with Crippen LogP contribution < -0.4 is 10.3 Å². The molecule has 2 aromatic carbocycles. The molecule has 0 aliphatic heterocycles. The Labute approximate surface area is 169 Å². The second-order valence-corrected chi connectivity index (χ2v) is 6.87. The summed E-state index contributed by atoms with van der Waals surface area (Å²) in [6, 6.07) is 16.8. The van der Waals surface area contributed by atoms with E-state index in [1.807, 2.05) is 0 Å². The third-order valence-electron chi connectivity index (χ3n) is 4.21. The van der Waals surface area contributed by atoms with Gasteiger partial charge in [-0.25, -0.2) is 9.97 Å². The van der Waals surface area contributed by atoms with Crippen molar-refractivity contribution in [3.05, 3.63) is 87.3 Å². The van der Waals surface area contributed by atoms with Gasteiger partial charge in [-0.05, 0) is 42.1 Å². The Morgan fingerprint density at radius 3 is 2.62 bits per heavy atom. The first-order valence-corrected chi connectivity index (χ1v) is 9.34. The fourth-order valence-electron chi connectivity index (χ4n) is 2.89. The molecule has 0 spiro atoms. The minimum Gasteiger partial charge on any atom is -0.495 e. The van der Waals surface area contributed by atoms with Gasteiger partial charge in [-0.3, -0.25) is 19.5 Å². The minimum atomic E-state index is -0.512. The van der Waals surface area contributed by atoms with Crippen LogP contribution >= 0.6 is 11.8 Å². The largest absolute Gasteiger partial charge is 0.495 e. The maximum atomic E-state index is 13.3. The zero-order valence-corrected chi connectivity index (χ0v) is 16.0. The first kappa shape index (κ1) is 18.6. The van der Waals surface area contributed by atoms with Crippen LogP contribution in [0.3, 0.4) is 0 Å². The van der Waals surface area contributed by atoms with Crippen LogP contribution in [0.25, 0.3) is 16.6 Å². The summed E-state index contributed by atoms with van der Waals surface area (Å²) in [6.07, 6.45) is 1.46. The Bertz CT molecular complexity index is 1290. The highest BCUT2D eigenvalue weighted by Gasteiger charge is 2.21. The van der Waals surface area contributed by atoms with Crippen molar-refractivity contribution in [3.8, 4) is 11.4 Å². The molecular weight excluding hydrogens is 392 g/mol. The van der Waals surface area contributed by atoms with Crippen LogP contribution in [0.5, 0.6) is 5.75 Å². The van der Waals surface area contributed by atoms with E-state index >= 15 is 0 Å². The predicted molar refractivity (Wildman–Crippen MR) is 109 cm³/mol. The van der Waals surface area contributed by atoms with Crippen LogP contribution in [-0.2, 0) is 0 Å². The van der Waals surface area contributed by atoms with E-state index in [0.717, 1.165) is 11.8 Å². The van der Waals surface area contributed by atoms with Crippen molar-refractivity contribution in [3.63, 3.8) is 0 Å². The molecule has 4 rings (SSSR count). The lowest BCUT2D eigenvalue weighted by Gasteiger charge is -2.15. The zero-order chi connectivity index (χ0) is 20.4. The highest BCUT2D eigenvalue weighted by molar-refractivity contribution is 7.99. The van der Waals surface area contributed by atoms with Crippen molar-refractivity contribution >= 4 is 28.4 Å². The van der Waals surface area contributed by atoms with Crippen molar-refractivity contribution in [2.75, 3.05) is 7.11 Å². The van der Waals surface area contributed by atoms with Gasteiger partial charge in [0, 0.05) is 12.3 Å². The third-order valence-corrected chi connectivity index (χ3v) is 5.17. The molecule has 0 amide bonds. The molecule has 8 nitrogen and oxygen atoms in total. The number of rotatable bonds is 5. The molecule has 4 aromatic rings. The maximum Gasteiger partial charge on any atom is 0.301 e. The van der Waals surface area contributed by atoms with E-state index < -0.39 is 4.92 Å². The highest BCUT2D eigenvalue weighted by Crippen LogP contribution is 2.34. The molecule has 0 fully saturated rings. The number of nitro groups is 1. The molecule has 29 heavy (non-hydrogen) atoms. The van der Waals surface area contributed by atoms with Crippen LogP contribution in [0.2, 0.25) is 0 Å². The zero-order valence-electron chi connectivity index (χ0n) is 15.2. The molecule has 0 saturated heterocycles. The minimum absolute atomic E-state index is 0.142. The number of hydrogen-bond donors (Lipinski definition) is 0. The molecule has 0 radical (unpaired) electrons. The second kappa shape index (κ2) is 7.72. The Balaban J connectivity index is 2.01. The van der Waals surface area contributed by atoms with E-state index in [0.29, 0.717) is 22.3 Å². The first-order chi connectivity index (χ1) is 14.1. The van der Waals surface area contributed by atoms with E-state index in [1.54, 1.807) is 48.5 Å². The van der Waals surface area contributed by atoms with E-state index in [2.05, 4.69) is 9.97 Å². The summed E-state index contributed by atoms with van der Waals surface area (Å²) in [5, 5.41) is 12.2. The van der Waals surface area contributed by atoms with Gasteiger partial charge in [0.1, 0.15) is 5.75 Å². The van der Waals surface area contributed by atoms with E-state index in [9.17, 15) is 14.9 Å². The van der Waals surface area contributed by atoms with Gasteiger partial charge in [-0.2, -0.15) is 0 Å². The molecular formula is C20H14N4O4S. The topological polar surface area (TPSA) is 100 Å². The number of ether oxygens (including phenoxy) is 1. The molecule has 0 bridgehead atoms. The van der Waals surface area contributed by atoms with E-state index in [-0.39, 0.29) is 21.4 Å². The number of benzene rings is 2. The smallest absolute Gasteiger partial charge is 0.301 e. The van der Waals surface area contributed by atoms with Gasteiger partial charge in [0.2, 0.25) is 0 Å². The van der Waals surface area contributed by atoms with Gasteiger partial charge in [0.15, 0.2) is 10.2 Å². The lowest BCUT2D eigenvalue weighted by molar-refractivity contribution is -0.388. The van der Waals surface area contributed by atoms with Gasteiger partial charge in [0.05, 0.1) is 28.6 Å². The van der Waals surface area contributed by atoms with Gasteiger partial charge in [0.25, 0.3) is 5.56 Å². The Morgan fingerprint density at radius 2 is 1.83 bits per heavy atom. The molecule has 2 heterocycles. The number of aromatic nitrogens is 3. The molecule has 0 atom stereocenters. The number of para-hydroxylation sites is 3. The van der Waals surface area contributed by atoms with E-state index in [1.165, 1.54) is 30.0 Å². The number of nitrogens with zero attached hydrogens (tertiary/aromatic N) is 4. The van der Waals surface area contributed by atoms with Crippen molar-refractivity contribution in [2.45, 2.75) is 10.2 Å². The molecule has 0 unspecified atom stereocenters. The lowest BCUT2D eigenvalue weighted by atomic mass is 10.2. The summed E-state index contributed by atoms with van der Waals surface area (Å²) in [7, 11) is 1.51. The first-order valence-electron chi connectivity index (χ1n) is 8.52. The summed E-state index contributed by atoms with van der Waals surface area (Å²) in [6.45, 7) is 0. The number of hydrogen-bond acceptors (Lipinski definition) is 7. The van der Waals surface area contributed by atoms with E-state index in [4.69, 9.17) is 4.74 Å². The molecule has 0 saturated carbocycles. The van der Waals surface area contributed by atoms with Crippen molar-refractivity contribution in [1.82, 2.24) is 14.5 Å². The molecule has 9 heteroatoms. The van der Waals surface area contributed by atoms with Crippen LogP contribution in [-0.4, -0.2) is 26.6 Å². The fraction of sp³-hybridized carbons (Fsp3) is 0.0500. The maximum absolute atomic E-state index is 13.3. The Kier molecular flexibility index (Phi) is 4.96. The summed E-state index contributed by atoms with van der Waals surface area (Å²) < 4.78 is 6.81. The molecule has 2 aromatic heterocycles. The van der Waals surface area contributed by atoms with Gasteiger partial charge in [-0.1, -0.05) is 24.3 Å². The average Bonchev–Trinajstić information content (AvgIpc) is 2.74. The summed E-state index contributed by atoms with van der Waals surface area (Å²) in [5.74, 6) is 0.476. The monoisotopic (exact) mass is 406 g/mol. The normalized spacial score (nSPS) is 10.8. The van der Waals surface area contributed by atoms with Crippen molar-refractivity contribution in [1.29, 1.82) is 0 Å². The lowest BCUT2D eigenvalue weighted by Crippen LogP contribution is -2.22. The summed E-state index contributed by atoms with van der Waals surface area (Å²) in [4.78, 5) is 32.9. The van der Waals surface area contributed by atoms with Crippen molar-refractivity contribution < 1.29 is 9.66 Å².